The molecule has 3 nitrogen and oxygen atoms in total. The predicted molar refractivity (Wildman–Crippen MR) is 44.3 cm³/mol. The highest BCUT2D eigenvalue weighted by molar-refractivity contribution is 5.70. The van der Waals surface area contributed by atoms with Crippen LogP contribution in [0.25, 0.3) is 0 Å². The van der Waals surface area contributed by atoms with Crippen LogP contribution in [0.3, 0.4) is 0 Å². The van der Waals surface area contributed by atoms with Gasteiger partial charge in [-0.1, -0.05) is 0 Å². The largest absolute Gasteiger partial charge is 0.497 e. The van der Waals surface area contributed by atoms with Gasteiger partial charge in [-0.3, -0.25) is 4.79 Å². The molecule has 0 aliphatic carbocycles. The van der Waals surface area contributed by atoms with Gasteiger partial charge < -0.3 is 9.84 Å². The molecule has 0 amide bonds. The molecule has 0 saturated heterocycles. The van der Waals surface area contributed by atoms with Gasteiger partial charge in [-0.15, -0.1) is 0 Å². The summed E-state index contributed by atoms with van der Waals surface area (Å²) >= 11 is 0. The molecule has 70 valence electrons. The van der Waals surface area contributed by atoms with E-state index < -0.39 is 11.8 Å². The maximum absolute atomic E-state index is 12.9. The fourth-order valence-corrected chi connectivity index (χ4v) is 0.976. The Hall–Kier alpha value is -1.58. The molecule has 4 heteroatoms. The SMILES string of the molecule is COc1ccc(F)c(CC(=O)O)c1. The molecule has 0 aliphatic heterocycles. The van der Waals surface area contributed by atoms with Gasteiger partial charge in [-0.2, -0.15) is 0 Å². The molecular formula is C9H9FO3. The van der Waals surface area contributed by atoms with E-state index in [9.17, 15) is 9.18 Å². The van der Waals surface area contributed by atoms with E-state index in [1.165, 1.54) is 25.3 Å². The maximum atomic E-state index is 12.9. The van der Waals surface area contributed by atoms with Gasteiger partial charge in [-0.25, -0.2) is 4.39 Å². The average molecular weight is 184 g/mol. The Morgan fingerprint density at radius 3 is 2.85 bits per heavy atom. The summed E-state index contributed by atoms with van der Waals surface area (Å²) < 4.78 is 17.8. The Labute approximate surface area is 74.8 Å². The molecule has 0 aromatic heterocycles. The molecule has 1 aromatic rings. The molecule has 1 rings (SSSR count). The first-order chi connectivity index (χ1) is 6.13. The van der Waals surface area contributed by atoms with Crippen LogP contribution in [0, 0.1) is 5.82 Å². The Balaban J connectivity index is 2.96. The van der Waals surface area contributed by atoms with Crippen molar-refractivity contribution in [3.05, 3.63) is 29.6 Å². The molecule has 0 fully saturated rings. The van der Waals surface area contributed by atoms with Crippen molar-refractivity contribution in [1.29, 1.82) is 0 Å². The summed E-state index contributed by atoms with van der Waals surface area (Å²) in [6, 6.07) is 4.02. The molecule has 1 N–H and O–H groups in total. The van der Waals surface area contributed by atoms with E-state index in [0.717, 1.165) is 0 Å². The summed E-state index contributed by atoms with van der Waals surface area (Å²) in [5.74, 6) is -1.13. The minimum atomic E-state index is -1.06. The normalized spacial score (nSPS) is 9.69. The summed E-state index contributed by atoms with van der Waals surface area (Å²) in [5, 5.41) is 8.45. The number of carboxylic acid groups (broad SMARTS) is 1. The number of halogens is 1. The predicted octanol–water partition coefficient (Wildman–Crippen LogP) is 1.46. The van der Waals surface area contributed by atoms with Crippen LogP contribution in [0.5, 0.6) is 5.75 Å². The molecular weight excluding hydrogens is 175 g/mol. The van der Waals surface area contributed by atoms with Crippen LogP contribution in [0.1, 0.15) is 5.56 Å². The van der Waals surface area contributed by atoms with Gasteiger partial charge >= 0.3 is 5.97 Å². The number of hydrogen-bond acceptors (Lipinski definition) is 2. The van der Waals surface area contributed by atoms with Gasteiger partial charge in [0.25, 0.3) is 0 Å². The summed E-state index contributed by atoms with van der Waals surface area (Å²) in [6.07, 6.45) is -0.330. The van der Waals surface area contributed by atoms with Crippen LogP contribution in [-0.2, 0) is 11.2 Å². The lowest BCUT2D eigenvalue weighted by atomic mass is 10.1. The van der Waals surface area contributed by atoms with E-state index >= 15 is 0 Å². The van der Waals surface area contributed by atoms with Crippen LogP contribution in [-0.4, -0.2) is 18.2 Å². The fraction of sp³-hybridized carbons (Fsp3) is 0.222. The van der Waals surface area contributed by atoms with Crippen molar-refractivity contribution < 1.29 is 19.0 Å². The van der Waals surface area contributed by atoms with E-state index in [-0.39, 0.29) is 12.0 Å². The monoisotopic (exact) mass is 184 g/mol. The van der Waals surface area contributed by atoms with Crippen LogP contribution < -0.4 is 4.74 Å². The molecule has 0 heterocycles. The van der Waals surface area contributed by atoms with Crippen LogP contribution >= 0.6 is 0 Å². The summed E-state index contributed by atoms with van der Waals surface area (Å²) in [5.41, 5.74) is 0.131. The minimum Gasteiger partial charge on any atom is -0.497 e. The molecule has 1 aromatic carbocycles. The van der Waals surface area contributed by atoms with Gasteiger partial charge in [0.15, 0.2) is 0 Å². The third kappa shape index (κ3) is 2.43. The van der Waals surface area contributed by atoms with Crippen LogP contribution in [0.2, 0.25) is 0 Å². The zero-order valence-electron chi connectivity index (χ0n) is 7.08. The first-order valence-corrected chi connectivity index (χ1v) is 3.67. The lowest BCUT2D eigenvalue weighted by Gasteiger charge is -2.03. The Kier molecular flexibility index (Phi) is 2.84. The van der Waals surface area contributed by atoms with E-state index in [1.807, 2.05) is 0 Å². The van der Waals surface area contributed by atoms with Crippen molar-refractivity contribution in [2.45, 2.75) is 6.42 Å². The Morgan fingerprint density at radius 2 is 2.31 bits per heavy atom. The third-order valence-electron chi connectivity index (χ3n) is 1.59. The van der Waals surface area contributed by atoms with Crippen LogP contribution in [0.15, 0.2) is 18.2 Å². The van der Waals surface area contributed by atoms with Crippen molar-refractivity contribution in [3.63, 3.8) is 0 Å². The number of methoxy groups -OCH3 is 1. The highest BCUT2D eigenvalue weighted by Gasteiger charge is 2.07. The summed E-state index contributed by atoms with van der Waals surface area (Å²) in [6.45, 7) is 0. The minimum absolute atomic E-state index is 0.131. The van der Waals surface area contributed by atoms with Gasteiger partial charge in [0, 0.05) is 5.56 Å². The second-order valence-corrected chi connectivity index (χ2v) is 2.53. The second kappa shape index (κ2) is 3.89. The lowest BCUT2D eigenvalue weighted by Crippen LogP contribution is -2.02. The zero-order valence-corrected chi connectivity index (χ0v) is 7.08. The summed E-state index contributed by atoms with van der Waals surface area (Å²) in [7, 11) is 1.44. The molecule has 0 spiro atoms. The number of carboxylic acids is 1. The second-order valence-electron chi connectivity index (χ2n) is 2.53. The van der Waals surface area contributed by atoms with Crippen molar-refractivity contribution in [2.75, 3.05) is 7.11 Å². The maximum Gasteiger partial charge on any atom is 0.307 e. The molecule has 0 atom stereocenters. The number of benzene rings is 1. The van der Waals surface area contributed by atoms with Crippen molar-refractivity contribution >= 4 is 5.97 Å². The standard InChI is InChI=1S/C9H9FO3/c1-13-7-2-3-8(10)6(4-7)5-9(11)12/h2-4H,5H2,1H3,(H,11,12). The average Bonchev–Trinajstić information content (AvgIpc) is 2.08. The molecule has 0 unspecified atom stereocenters. The number of hydrogen-bond donors (Lipinski definition) is 1. The lowest BCUT2D eigenvalue weighted by molar-refractivity contribution is -0.136. The zero-order chi connectivity index (χ0) is 9.84. The van der Waals surface area contributed by atoms with Crippen LogP contribution in [0.4, 0.5) is 4.39 Å². The van der Waals surface area contributed by atoms with Crippen molar-refractivity contribution in [3.8, 4) is 5.75 Å². The van der Waals surface area contributed by atoms with Gasteiger partial charge in [-0.05, 0) is 18.2 Å². The Bertz CT molecular complexity index is 323. The number of aliphatic carboxylic acids is 1. The molecule has 0 radical (unpaired) electrons. The topological polar surface area (TPSA) is 46.5 Å². The summed E-state index contributed by atoms with van der Waals surface area (Å²) in [4.78, 5) is 10.3. The van der Waals surface area contributed by atoms with E-state index in [2.05, 4.69) is 0 Å². The highest BCUT2D eigenvalue weighted by Crippen LogP contribution is 2.16. The fourth-order valence-electron chi connectivity index (χ4n) is 0.976. The molecule has 0 bridgehead atoms. The number of carbonyl (C=O) groups is 1. The van der Waals surface area contributed by atoms with Gasteiger partial charge in [0.2, 0.25) is 0 Å². The number of ether oxygens (including phenoxy) is 1. The number of rotatable bonds is 3. The van der Waals surface area contributed by atoms with Crippen molar-refractivity contribution in [1.82, 2.24) is 0 Å². The molecule has 0 aliphatic rings. The van der Waals surface area contributed by atoms with E-state index in [1.54, 1.807) is 0 Å². The first-order valence-electron chi connectivity index (χ1n) is 3.67. The molecule has 13 heavy (non-hydrogen) atoms. The van der Waals surface area contributed by atoms with E-state index in [4.69, 9.17) is 9.84 Å². The molecule has 0 saturated carbocycles. The first kappa shape index (κ1) is 9.51. The van der Waals surface area contributed by atoms with Crippen molar-refractivity contribution in [2.24, 2.45) is 0 Å². The third-order valence-corrected chi connectivity index (χ3v) is 1.59. The van der Waals surface area contributed by atoms with E-state index in [0.29, 0.717) is 5.75 Å². The van der Waals surface area contributed by atoms with Gasteiger partial charge in [0.1, 0.15) is 11.6 Å². The smallest absolute Gasteiger partial charge is 0.307 e. The highest BCUT2D eigenvalue weighted by atomic mass is 19.1. The quantitative estimate of drug-likeness (QED) is 0.773. The Morgan fingerprint density at radius 1 is 1.62 bits per heavy atom. The van der Waals surface area contributed by atoms with Gasteiger partial charge in [0.05, 0.1) is 13.5 Å².